The molecule has 1 unspecified atom stereocenters. The van der Waals surface area contributed by atoms with Crippen molar-refractivity contribution in [3.63, 3.8) is 0 Å². The molecule has 1 aliphatic carbocycles. The van der Waals surface area contributed by atoms with Crippen molar-refractivity contribution >= 4 is 29.9 Å². The molecular formula is C19H30FIN4. The van der Waals surface area contributed by atoms with Gasteiger partial charge < -0.3 is 15.1 Å². The van der Waals surface area contributed by atoms with E-state index in [1.165, 1.54) is 31.7 Å². The second-order valence-corrected chi connectivity index (χ2v) is 7.49. The first-order valence-corrected chi connectivity index (χ1v) is 8.90. The van der Waals surface area contributed by atoms with Crippen LogP contribution in [-0.2, 0) is 0 Å². The molecule has 25 heavy (non-hydrogen) atoms. The van der Waals surface area contributed by atoms with Gasteiger partial charge >= 0.3 is 0 Å². The molecule has 4 nitrogen and oxygen atoms in total. The first-order chi connectivity index (χ1) is 11.5. The predicted octanol–water partition coefficient (Wildman–Crippen LogP) is 3.50. The number of benzene rings is 1. The molecule has 2 aliphatic rings. The minimum atomic E-state index is -0.185. The van der Waals surface area contributed by atoms with Crippen molar-refractivity contribution in [2.45, 2.75) is 31.7 Å². The van der Waals surface area contributed by atoms with Crippen LogP contribution in [0.5, 0.6) is 0 Å². The van der Waals surface area contributed by atoms with E-state index in [9.17, 15) is 4.39 Å². The monoisotopic (exact) mass is 460 g/mol. The maximum Gasteiger partial charge on any atom is 0.193 e. The fourth-order valence-electron chi connectivity index (χ4n) is 4.03. The molecule has 0 aromatic heterocycles. The van der Waals surface area contributed by atoms with E-state index in [2.05, 4.69) is 20.1 Å². The van der Waals surface area contributed by atoms with E-state index in [0.717, 1.165) is 24.6 Å². The molecular weight excluding hydrogens is 430 g/mol. The summed E-state index contributed by atoms with van der Waals surface area (Å²) >= 11 is 0. The van der Waals surface area contributed by atoms with Gasteiger partial charge in [0.05, 0.1) is 6.04 Å². The van der Waals surface area contributed by atoms with Crippen molar-refractivity contribution in [1.82, 2.24) is 15.1 Å². The Hall–Kier alpha value is -0.890. The molecule has 0 radical (unpaired) electrons. The first-order valence-electron chi connectivity index (χ1n) is 8.90. The minimum absolute atomic E-state index is 0. The van der Waals surface area contributed by atoms with Crippen LogP contribution >= 0.6 is 24.0 Å². The molecule has 3 rings (SSSR count). The van der Waals surface area contributed by atoms with Crippen LogP contribution in [-0.4, -0.2) is 56.5 Å². The van der Waals surface area contributed by atoms with Crippen LogP contribution in [0.1, 0.15) is 37.3 Å². The molecule has 0 bridgehead atoms. The third-order valence-corrected chi connectivity index (χ3v) is 5.67. The number of hydrogen-bond acceptors (Lipinski definition) is 2. The highest BCUT2D eigenvalue weighted by molar-refractivity contribution is 14.0. The molecule has 1 N–H and O–H groups in total. The molecule has 1 saturated heterocycles. The van der Waals surface area contributed by atoms with Crippen LogP contribution < -0.4 is 5.32 Å². The minimum Gasteiger partial charge on any atom is -0.354 e. The van der Waals surface area contributed by atoms with E-state index in [1.807, 2.05) is 27.2 Å². The highest BCUT2D eigenvalue weighted by Gasteiger charge is 2.43. The summed E-state index contributed by atoms with van der Waals surface area (Å²) < 4.78 is 13.6. The average molecular weight is 460 g/mol. The number of halogens is 2. The lowest BCUT2D eigenvalue weighted by molar-refractivity contribution is 0.151. The van der Waals surface area contributed by atoms with Gasteiger partial charge in [-0.25, -0.2) is 4.39 Å². The number of guanidine groups is 1. The summed E-state index contributed by atoms with van der Waals surface area (Å²) in [5.74, 6) is 0.789. The topological polar surface area (TPSA) is 30.9 Å². The van der Waals surface area contributed by atoms with Crippen LogP contribution in [0.25, 0.3) is 0 Å². The lowest BCUT2D eigenvalue weighted by Crippen LogP contribution is -2.45. The van der Waals surface area contributed by atoms with Crippen molar-refractivity contribution in [2.24, 2.45) is 10.4 Å². The van der Waals surface area contributed by atoms with Crippen molar-refractivity contribution in [3.8, 4) is 0 Å². The molecule has 140 valence electrons. The summed E-state index contributed by atoms with van der Waals surface area (Å²) in [6.45, 7) is 2.93. The van der Waals surface area contributed by atoms with Crippen molar-refractivity contribution < 1.29 is 4.39 Å². The third-order valence-electron chi connectivity index (χ3n) is 5.67. The predicted molar refractivity (Wildman–Crippen MR) is 112 cm³/mol. The number of rotatable bonds is 4. The lowest BCUT2D eigenvalue weighted by Gasteiger charge is -2.38. The molecule has 1 aromatic rings. The number of nitrogens with zero attached hydrogens (tertiary/aromatic N) is 3. The Morgan fingerprint density at radius 3 is 2.64 bits per heavy atom. The molecule has 0 amide bonds. The largest absolute Gasteiger partial charge is 0.354 e. The van der Waals surface area contributed by atoms with Crippen molar-refractivity contribution in [1.29, 1.82) is 0 Å². The van der Waals surface area contributed by atoms with Gasteiger partial charge in [0.15, 0.2) is 5.96 Å². The van der Waals surface area contributed by atoms with Crippen LogP contribution in [0.4, 0.5) is 4.39 Å². The number of nitrogens with one attached hydrogen (secondary N) is 1. The van der Waals surface area contributed by atoms with Gasteiger partial charge in [0.2, 0.25) is 0 Å². The molecule has 6 heteroatoms. The smallest absolute Gasteiger partial charge is 0.193 e. The van der Waals surface area contributed by atoms with Crippen molar-refractivity contribution in [2.75, 3.05) is 40.8 Å². The number of likely N-dealkylation sites (tertiary alicyclic amines) is 1. The molecule has 1 saturated carbocycles. The Labute approximate surface area is 167 Å². The van der Waals surface area contributed by atoms with E-state index in [-0.39, 0.29) is 35.8 Å². The number of aliphatic imine (C=N–C) groups is 1. The van der Waals surface area contributed by atoms with Gasteiger partial charge in [-0.2, -0.15) is 0 Å². The van der Waals surface area contributed by atoms with Gasteiger partial charge in [0.25, 0.3) is 0 Å². The lowest BCUT2D eigenvalue weighted by atomic mass is 9.68. The average Bonchev–Trinajstić information content (AvgIpc) is 2.97. The summed E-state index contributed by atoms with van der Waals surface area (Å²) in [5.41, 5.74) is 1.54. The van der Waals surface area contributed by atoms with E-state index < -0.39 is 0 Å². The van der Waals surface area contributed by atoms with Gasteiger partial charge in [-0.1, -0.05) is 18.6 Å². The second-order valence-electron chi connectivity index (χ2n) is 7.49. The van der Waals surface area contributed by atoms with Crippen LogP contribution in [0.15, 0.2) is 29.3 Å². The fraction of sp³-hybridized carbons (Fsp3) is 0.632. The highest BCUT2D eigenvalue weighted by atomic mass is 127. The zero-order chi connectivity index (χ0) is 17.2. The first kappa shape index (κ1) is 20.4. The number of hydrogen-bond donors (Lipinski definition) is 1. The quantitative estimate of drug-likeness (QED) is 0.424. The Kier molecular flexibility index (Phi) is 7.08. The molecule has 2 fully saturated rings. The molecule has 1 atom stereocenters. The van der Waals surface area contributed by atoms with Gasteiger partial charge in [0.1, 0.15) is 5.82 Å². The molecule has 1 spiro atoms. The maximum atomic E-state index is 13.6. The summed E-state index contributed by atoms with van der Waals surface area (Å²) in [7, 11) is 5.90. The van der Waals surface area contributed by atoms with E-state index in [0.29, 0.717) is 12.0 Å². The maximum absolute atomic E-state index is 13.6. The second kappa shape index (κ2) is 8.66. The van der Waals surface area contributed by atoms with Crippen LogP contribution in [0.3, 0.4) is 0 Å². The van der Waals surface area contributed by atoms with Crippen molar-refractivity contribution in [3.05, 3.63) is 35.6 Å². The van der Waals surface area contributed by atoms with Gasteiger partial charge in [-0.05, 0) is 56.5 Å². The number of likely N-dealkylation sites (N-methyl/N-ethyl adjacent to an activating group) is 1. The van der Waals surface area contributed by atoms with Gasteiger partial charge in [-0.3, -0.25) is 4.99 Å². The Bertz CT molecular complexity index is 601. The standard InChI is InChI=1S/C19H29FN4.HI/c1-21-18(24-11-10-19(14-24)8-5-9-19)22-13-17(23(2)3)15-6-4-7-16(20)12-15;/h4,6-7,12,17H,5,8-11,13-14H2,1-3H3,(H,21,22);1H. The fourth-order valence-corrected chi connectivity index (χ4v) is 4.03. The van der Waals surface area contributed by atoms with Crippen LogP contribution in [0.2, 0.25) is 0 Å². The summed E-state index contributed by atoms with van der Waals surface area (Å²) in [5, 5.41) is 3.51. The highest BCUT2D eigenvalue weighted by Crippen LogP contribution is 2.47. The Morgan fingerprint density at radius 1 is 1.36 bits per heavy atom. The molecule has 1 heterocycles. The Balaban J connectivity index is 0.00000225. The zero-order valence-electron chi connectivity index (χ0n) is 15.5. The normalized spacial score (nSPS) is 20.4. The Morgan fingerprint density at radius 2 is 2.12 bits per heavy atom. The van der Waals surface area contributed by atoms with E-state index >= 15 is 0 Å². The summed E-state index contributed by atoms with van der Waals surface area (Å²) in [6, 6.07) is 6.98. The van der Waals surface area contributed by atoms with E-state index in [4.69, 9.17) is 0 Å². The zero-order valence-corrected chi connectivity index (χ0v) is 17.8. The SMILES string of the molecule is CN=C(NCC(c1cccc(F)c1)N(C)C)N1CCC2(CCC2)C1.I. The third kappa shape index (κ3) is 4.64. The molecule has 1 aliphatic heterocycles. The van der Waals surface area contributed by atoms with Gasteiger partial charge in [0, 0.05) is 26.7 Å². The van der Waals surface area contributed by atoms with E-state index in [1.54, 1.807) is 12.1 Å². The van der Waals surface area contributed by atoms with Crippen LogP contribution in [0, 0.1) is 11.2 Å². The molecule has 1 aromatic carbocycles. The van der Waals surface area contributed by atoms with Gasteiger partial charge in [-0.15, -0.1) is 24.0 Å². The summed E-state index contributed by atoms with van der Waals surface area (Å²) in [4.78, 5) is 8.98. The summed E-state index contributed by atoms with van der Waals surface area (Å²) in [6.07, 6.45) is 5.39.